The number of aliphatic carboxylic acids is 1. The fraction of sp³-hybridized carbons (Fsp3) is 0.227. The van der Waals surface area contributed by atoms with E-state index in [1.807, 2.05) is 60.7 Å². The van der Waals surface area contributed by atoms with E-state index in [0.29, 0.717) is 0 Å². The van der Waals surface area contributed by atoms with Gasteiger partial charge in [-0.3, -0.25) is 9.59 Å². The van der Waals surface area contributed by atoms with Gasteiger partial charge in [-0.2, -0.15) is 0 Å². The summed E-state index contributed by atoms with van der Waals surface area (Å²) in [7, 11) is 0. The molecule has 2 aromatic carbocycles. The van der Waals surface area contributed by atoms with Crippen molar-refractivity contribution in [3.8, 4) is 0 Å². The van der Waals surface area contributed by atoms with Crippen molar-refractivity contribution in [1.82, 2.24) is 10.6 Å². The van der Waals surface area contributed by atoms with Crippen molar-refractivity contribution in [2.45, 2.75) is 31.8 Å². The summed E-state index contributed by atoms with van der Waals surface area (Å²) in [5.41, 5.74) is 1.81. The summed E-state index contributed by atoms with van der Waals surface area (Å²) < 4.78 is 0. The SMILES string of the molecule is CC(=O)N[C@@H](Cc1ccccc1)C(=O)N[C@@H](C/C=C/c1ccccc1)C(=O)O. The average molecular weight is 380 g/mol. The van der Waals surface area contributed by atoms with E-state index in [1.165, 1.54) is 6.92 Å². The zero-order chi connectivity index (χ0) is 20.4. The lowest BCUT2D eigenvalue weighted by Gasteiger charge is -2.20. The van der Waals surface area contributed by atoms with Crippen molar-refractivity contribution in [2.75, 3.05) is 0 Å². The molecule has 0 spiro atoms. The van der Waals surface area contributed by atoms with Gasteiger partial charge in [0, 0.05) is 13.3 Å². The van der Waals surface area contributed by atoms with Gasteiger partial charge in [0.05, 0.1) is 0 Å². The third-order valence-electron chi connectivity index (χ3n) is 4.07. The summed E-state index contributed by atoms with van der Waals surface area (Å²) in [5.74, 6) is -2.01. The number of amides is 2. The minimum Gasteiger partial charge on any atom is -0.480 e. The van der Waals surface area contributed by atoms with Gasteiger partial charge in [-0.05, 0) is 17.5 Å². The lowest BCUT2D eigenvalue weighted by atomic mass is 10.0. The predicted molar refractivity (Wildman–Crippen MR) is 107 cm³/mol. The van der Waals surface area contributed by atoms with Crippen LogP contribution in [0.3, 0.4) is 0 Å². The second kappa shape index (κ2) is 10.7. The molecule has 0 heterocycles. The summed E-state index contributed by atoms with van der Waals surface area (Å²) in [6.45, 7) is 1.32. The molecule has 2 atom stereocenters. The standard InChI is InChI=1S/C22H24N2O4/c1-16(25)23-20(15-18-11-6-3-7-12-18)21(26)24-19(22(27)28)14-8-13-17-9-4-2-5-10-17/h2-13,19-20H,14-15H2,1H3,(H,23,25)(H,24,26)(H,27,28)/b13-8+/t19-,20-/m0/s1. The Balaban J connectivity index is 2.03. The molecule has 0 aromatic heterocycles. The van der Waals surface area contributed by atoms with Gasteiger partial charge in [-0.25, -0.2) is 4.79 Å². The maximum Gasteiger partial charge on any atom is 0.326 e. The van der Waals surface area contributed by atoms with Gasteiger partial charge in [0.1, 0.15) is 12.1 Å². The van der Waals surface area contributed by atoms with E-state index in [1.54, 1.807) is 12.2 Å². The normalized spacial score (nSPS) is 12.9. The highest BCUT2D eigenvalue weighted by molar-refractivity contribution is 5.90. The van der Waals surface area contributed by atoms with Crippen LogP contribution in [-0.2, 0) is 20.8 Å². The Morgan fingerprint density at radius 1 is 0.929 bits per heavy atom. The summed E-state index contributed by atoms with van der Waals surface area (Å²) in [4.78, 5) is 35.6. The highest BCUT2D eigenvalue weighted by atomic mass is 16.4. The third-order valence-corrected chi connectivity index (χ3v) is 4.07. The van der Waals surface area contributed by atoms with Crippen molar-refractivity contribution in [2.24, 2.45) is 0 Å². The van der Waals surface area contributed by atoms with E-state index < -0.39 is 24.0 Å². The minimum atomic E-state index is -1.13. The number of hydrogen-bond acceptors (Lipinski definition) is 3. The molecular formula is C22H24N2O4. The smallest absolute Gasteiger partial charge is 0.326 e. The molecule has 0 unspecified atom stereocenters. The maximum absolute atomic E-state index is 12.6. The minimum absolute atomic E-state index is 0.133. The molecule has 0 radical (unpaired) electrons. The topological polar surface area (TPSA) is 95.5 Å². The molecule has 0 fully saturated rings. The zero-order valence-corrected chi connectivity index (χ0v) is 15.7. The van der Waals surface area contributed by atoms with Crippen LogP contribution in [0.1, 0.15) is 24.5 Å². The molecule has 0 saturated carbocycles. The van der Waals surface area contributed by atoms with E-state index in [-0.39, 0.29) is 18.7 Å². The van der Waals surface area contributed by atoms with Crippen molar-refractivity contribution in [3.63, 3.8) is 0 Å². The molecule has 0 aliphatic rings. The van der Waals surface area contributed by atoms with Gasteiger partial charge in [0.25, 0.3) is 0 Å². The summed E-state index contributed by atoms with van der Waals surface area (Å²) in [5, 5.41) is 14.6. The van der Waals surface area contributed by atoms with Crippen molar-refractivity contribution < 1.29 is 19.5 Å². The van der Waals surface area contributed by atoms with Crippen LogP contribution in [0, 0.1) is 0 Å². The van der Waals surface area contributed by atoms with Gasteiger partial charge < -0.3 is 15.7 Å². The molecule has 28 heavy (non-hydrogen) atoms. The van der Waals surface area contributed by atoms with Crippen molar-refractivity contribution >= 4 is 23.9 Å². The third kappa shape index (κ3) is 7.07. The Labute approximate surface area is 164 Å². The predicted octanol–water partition coefficient (Wildman–Crippen LogP) is 2.41. The Hall–Kier alpha value is -3.41. The number of hydrogen-bond donors (Lipinski definition) is 3. The quantitative estimate of drug-likeness (QED) is 0.622. The molecule has 0 aliphatic carbocycles. The Bertz CT molecular complexity index is 819. The first-order valence-electron chi connectivity index (χ1n) is 9.01. The molecule has 2 rings (SSSR count). The lowest BCUT2D eigenvalue weighted by molar-refractivity contribution is -0.142. The second-order valence-electron chi connectivity index (χ2n) is 6.39. The van der Waals surface area contributed by atoms with E-state index >= 15 is 0 Å². The Kier molecular flexibility index (Phi) is 7.96. The molecule has 0 bridgehead atoms. The highest BCUT2D eigenvalue weighted by Crippen LogP contribution is 2.06. The van der Waals surface area contributed by atoms with E-state index in [2.05, 4.69) is 10.6 Å². The van der Waals surface area contributed by atoms with E-state index in [0.717, 1.165) is 11.1 Å². The number of carbonyl (C=O) groups is 3. The maximum atomic E-state index is 12.6. The van der Waals surface area contributed by atoms with Crippen LogP contribution < -0.4 is 10.6 Å². The van der Waals surface area contributed by atoms with Gasteiger partial charge in [-0.1, -0.05) is 72.8 Å². The van der Waals surface area contributed by atoms with Gasteiger partial charge >= 0.3 is 5.97 Å². The van der Waals surface area contributed by atoms with Crippen LogP contribution in [0.25, 0.3) is 6.08 Å². The van der Waals surface area contributed by atoms with Crippen LogP contribution in [0.4, 0.5) is 0 Å². The summed E-state index contributed by atoms with van der Waals surface area (Å²) >= 11 is 0. The van der Waals surface area contributed by atoms with Gasteiger partial charge in [0.2, 0.25) is 11.8 Å². The first-order valence-corrected chi connectivity index (χ1v) is 9.01. The largest absolute Gasteiger partial charge is 0.480 e. The zero-order valence-electron chi connectivity index (χ0n) is 15.7. The van der Waals surface area contributed by atoms with Crippen LogP contribution in [0.2, 0.25) is 0 Å². The van der Waals surface area contributed by atoms with Crippen molar-refractivity contribution in [1.29, 1.82) is 0 Å². The molecule has 6 nitrogen and oxygen atoms in total. The summed E-state index contributed by atoms with van der Waals surface area (Å²) in [6.07, 6.45) is 3.92. The fourth-order valence-corrected chi connectivity index (χ4v) is 2.70. The Morgan fingerprint density at radius 3 is 2.11 bits per heavy atom. The van der Waals surface area contributed by atoms with Crippen LogP contribution in [0.5, 0.6) is 0 Å². The summed E-state index contributed by atoms with van der Waals surface area (Å²) in [6, 6.07) is 16.8. The number of carboxylic acid groups (broad SMARTS) is 1. The first kappa shape index (κ1) is 20.9. The first-order chi connectivity index (χ1) is 13.5. The lowest BCUT2D eigenvalue weighted by Crippen LogP contribution is -2.52. The average Bonchev–Trinajstić information content (AvgIpc) is 2.67. The second-order valence-corrected chi connectivity index (χ2v) is 6.39. The number of nitrogens with one attached hydrogen (secondary N) is 2. The molecular weight excluding hydrogens is 356 g/mol. The number of rotatable bonds is 9. The molecule has 2 amide bonds. The molecule has 3 N–H and O–H groups in total. The van der Waals surface area contributed by atoms with E-state index in [9.17, 15) is 19.5 Å². The molecule has 6 heteroatoms. The van der Waals surface area contributed by atoms with Gasteiger partial charge in [0.15, 0.2) is 0 Å². The van der Waals surface area contributed by atoms with Crippen molar-refractivity contribution in [3.05, 3.63) is 77.9 Å². The van der Waals surface area contributed by atoms with E-state index in [4.69, 9.17) is 0 Å². The van der Waals surface area contributed by atoms with Crippen LogP contribution >= 0.6 is 0 Å². The molecule has 0 saturated heterocycles. The van der Waals surface area contributed by atoms with Crippen LogP contribution in [-0.4, -0.2) is 35.0 Å². The molecule has 146 valence electrons. The number of carboxylic acids is 1. The number of benzene rings is 2. The number of carbonyl (C=O) groups excluding carboxylic acids is 2. The highest BCUT2D eigenvalue weighted by Gasteiger charge is 2.25. The fourth-order valence-electron chi connectivity index (χ4n) is 2.70. The molecule has 2 aromatic rings. The molecule has 0 aliphatic heterocycles. The Morgan fingerprint density at radius 2 is 1.54 bits per heavy atom. The van der Waals surface area contributed by atoms with Gasteiger partial charge in [-0.15, -0.1) is 0 Å². The van der Waals surface area contributed by atoms with Crippen LogP contribution in [0.15, 0.2) is 66.7 Å². The monoisotopic (exact) mass is 380 g/mol.